The number of carbonyl (C=O) groups excluding carboxylic acids is 4. The molecule has 5 atom stereocenters. The second-order valence-electron chi connectivity index (χ2n) is 11.7. The van der Waals surface area contributed by atoms with Crippen LogP contribution in [0.15, 0.2) is 84.4 Å². The Balaban J connectivity index is 1.17. The van der Waals surface area contributed by atoms with E-state index < -0.39 is 12.1 Å². The summed E-state index contributed by atoms with van der Waals surface area (Å²) in [5, 5.41) is 1.39. The van der Waals surface area contributed by atoms with Crippen LogP contribution in [0.5, 0.6) is 0 Å². The SMILES string of the molecule is CC1=CC2CC1C1C(=O)N(c3ccc(-c4cc(C(=O)OC(C)C(=O)c5ccc(Cl)cc5)c5cc(Cl)ccc5n4)cc3)C(=O)C21. The maximum atomic E-state index is 13.5. The lowest BCUT2D eigenvalue weighted by atomic mass is 9.82. The van der Waals surface area contributed by atoms with Gasteiger partial charge >= 0.3 is 5.97 Å². The third-order valence-corrected chi connectivity index (χ3v) is 9.56. The van der Waals surface area contributed by atoms with E-state index in [0.29, 0.717) is 43.5 Å². The van der Waals surface area contributed by atoms with Gasteiger partial charge in [0.25, 0.3) is 0 Å². The van der Waals surface area contributed by atoms with Gasteiger partial charge in [-0.1, -0.05) is 47.0 Å². The Kier molecular flexibility index (Phi) is 6.91. The molecule has 1 saturated carbocycles. The number of halogens is 2. The minimum Gasteiger partial charge on any atom is -0.451 e. The highest BCUT2D eigenvalue weighted by molar-refractivity contribution is 6.31. The van der Waals surface area contributed by atoms with Crippen molar-refractivity contribution in [2.24, 2.45) is 23.7 Å². The van der Waals surface area contributed by atoms with Crippen molar-refractivity contribution in [2.45, 2.75) is 26.4 Å². The molecule has 1 aromatic heterocycles. The molecule has 9 heteroatoms. The van der Waals surface area contributed by atoms with Crippen molar-refractivity contribution < 1.29 is 23.9 Å². The smallest absolute Gasteiger partial charge is 0.339 e. The van der Waals surface area contributed by atoms with Crippen LogP contribution in [0.2, 0.25) is 10.0 Å². The van der Waals surface area contributed by atoms with Crippen LogP contribution in [0.3, 0.4) is 0 Å². The van der Waals surface area contributed by atoms with Gasteiger partial charge in [0, 0.05) is 26.6 Å². The Hall–Kier alpha value is -4.33. The molecular weight excluding hydrogens is 599 g/mol. The molecule has 220 valence electrons. The second-order valence-corrected chi connectivity index (χ2v) is 12.5. The van der Waals surface area contributed by atoms with Crippen molar-refractivity contribution >= 4 is 63.4 Å². The number of fused-ring (bicyclic) bond motifs is 6. The average molecular weight is 626 g/mol. The lowest BCUT2D eigenvalue weighted by molar-refractivity contribution is -0.123. The first-order valence-electron chi connectivity index (χ1n) is 14.4. The molecule has 3 aromatic carbocycles. The molecule has 5 unspecified atom stereocenters. The molecule has 44 heavy (non-hydrogen) atoms. The number of benzene rings is 3. The molecule has 0 radical (unpaired) electrons. The van der Waals surface area contributed by atoms with Crippen LogP contribution in [0.4, 0.5) is 5.69 Å². The molecular formula is C35H26Cl2N2O5. The molecule has 1 saturated heterocycles. The minimum absolute atomic E-state index is 0.128. The van der Waals surface area contributed by atoms with Crippen molar-refractivity contribution in [1.29, 1.82) is 0 Å². The lowest BCUT2D eigenvalue weighted by Crippen LogP contribution is -2.32. The van der Waals surface area contributed by atoms with Crippen molar-refractivity contribution in [3.05, 3.63) is 106 Å². The predicted octanol–water partition coefficient (Wildman–Crippen LogP) is 7.34. The second kappa shape index (κ2) is 10.7. The summed E-state index contributed by atoms with van der Waals surface area (Å²) in [5.74, 6) is -1.65. The first-order valence-corrected chi connectivity index (χ1v) is 15.1. The van der Waals surface area contributed by atoms with E-state index >= 15 is 0 Å². The van der Waals surface area contributed by atoms with Crippen LogP contribution in [0.1, 0.15) is 41.0 Å². The number of pyridine rings is 1. The van der Waals surface area contributed by atoms with Gasteiger partial charge < -0.3 is 4.74 Å². The highest BCUT2D eigenvalue weighted by atomic mass is 35.5. The largest absolute Gasteiger partial charge is 0.451 e. The molecule has 3 aliphatic rings. The molecule has 2 amide bonds. The fraction of sp³-hybridized carbons (Fsp3) is 0.229. The van der Waals surface area contributed by atoms with E-state index in [1.54, 1.807) is 72.8 Å². The van der Waals surface area contributed by atoms with Crippen LogP contribution >= 0.6 is 23.2 Å². The quantitative estimate of drug-likeness (QED) is 0.0964. The van der Waals surface area contributed by atoms with E-state index in [0.717, 1.165) is 6.42 Å². The molecule has 2 aliphatic carbocycles. The first kappa shape index (κ1) is 28.4. The predicted molar refractivity (Wildman–Crippen MR) is 168 cm³/mol. The number of allylic oxidation sites excluding steroid dienone is 2. The fourth-order valence-electron chi connectivity index (χ4n) is 6.95. The molecule has 7 nitrogen and oxygen atoms in total. The highest BCUT2D eigenvalue weighted by Gasteiger charge is 2.60. The number of hydrogen-bond acceptors (Lipinski definition) is 6. The van der Waals surface area contributed by atoms with Gasteiger partial charge in [-0.15, -0.1) is 0 Å². The van der Waals surface area contributed by atoms with Crippen molar-refractivity contribution in [2.75, 3.05) is 4.90 Å². The Bertz CT molecular complexity index is 1920. The maximum absolute atomic E-state index is 13.5. The third-order valence-electron chi connectivity index (χ3n) is 9.07. The monoisotopic (exact) mass is 624 g/mol. The summed E-state index contributed by atoms with van der Waals surface area (Å²) in [4.78, 5) is 59.2. The molecule has 4 aromatic rings. The number of anilines is 1. The summed E-state index contributed by atoms with van der Waals surface area (Å²) < 4.78 is 5.62. The molecule has 0 spiro atoms. The van der Waals surface area contributed by atoms with Gasteiger partial charge in [-0.2, -0.15) is 0 Å². The van der Waals surface area contributed by atoms with E-state index in [-0.39, 0.29) is 46.8 Å². The van der Waals surface area contributed by atoms with E-state index in [2.05, 4.69) is 6.08 Å². The summed E-state index contributed by atoms with van der Waals surface area (Å²) in [7, 11) is 0. The first-order chi connectivity index (χ1) is 21.1. The Morgan fingerprint density at radius 2 is 1.59 bits per heavy atom. The molecule has 0 N–H and O–H groups in total. The van der Waals surface area contributed by atoms with Crippen molar-refractivity contribution in [1.82, 2.24) is 4.98 Å². The van der Waals surface area contributed by atoms with E-state index in [9.17, 15) is 19.2 Å². The van der Waals surface area contributed by atoms with Gasteiger partial charge in [0.05, 0.1) is 34.3 Å². The number of ketones is 1. The lowest BCUT2D eigenvalue weighted by Gasteiger charge is -2.19. The van der Waals surface area contributed by atoms with Gasteiger partial charge in [0.2, 0.25) is 17.6 Å². The van der Waals surface area contributed by atoms with E-state index in [1.807, 2.05) is 6.92 Å². The molecule has 2 fully saturated rings. The van der Waals surface area contributed by atoms with Crippen LogP contribution in [0, 0.1) is 23.7 Å². The number of hydrogen-bond donors (Lipinski definition) is 0. The van der Waals surface area contributed by atoms with E-state index in [1.165, 1.54) is 17.4 Å². The number of carbonyl (C=O) groups is 4. The van der Waals surface area contributed by atoms with Gasteiger partial charge in [-0.25, -0.2) is 9.78 Å². The fourth-order valence-corrected chi connectivity index (χ4v) is 7.25. The standard InChI is InChI=1S/C35H26Cl2N2O5/c1-17-13-21-14-25(17)31-30(21)33(41)39(34(31)42)24-10-5-19(6-11-24)29-16-27(26-15-23(37)9-12-28(26)38-29)35(43)44-18(2)32(40)20-3-7-22(36)8-4-20/h3-13,15-16,18,21,25,30-31H,14H2,1-2H3. The minimum atomic E-state index is -1.06. The number of amides is 2. The third kappa shape index (κ3) is 4.62. The molecule has 2 bridgehead atoms. The van der Waals surface area contributed by atoms with Crippen LogP contribution in [0.25, 0.3) is 22.2 Å². The van der Waals surface area contributed by atoms with Crippen LogP contribution < -0.4 is 4.90 Å². The highest BCUT2D eigenvalue weighted by Crippen LogP contribution is 2.56. The molecule has 1 aliphatic heterocycles. The van der Waals surface area contributed by atoms with Gasteiger partial charge in [-0.05, 0) is 92.8 Å². The van der Waals surface area contributed by atoms with Gasteiger partial charge in [0.15, 0.2) is 6.10 Å². The number of nitrogens with zero attached hydrogens (tertiary/aromatic N) is 2. The topological polar surface area (TPSA) is 93.6 Å². The van der Waals surface area contributed by atoms with E-state index in [4.69, 9.17) is 32.9 Å². The van der Waals surface area contributed by atoms with Crippen LogP contribution in [-0.4, -0.2) is 34.7 Å². The Labute approximate surface area is 263 Å². The normalized spacial score (nSPS) is 22.7. The average Bonchev–Trinajstić information content (AvgIpc) is 3.66. The number of ether oxygens (including phenoxy) is 1. The zero-order chi connectivity index (χ0) is 30.9. The Morgan fingerprint density at radius 1 is 0.909 bits per heavy atom. The van der Waals surface area contributed by atoms with Crippen molar-refractivity contribution in [3.63, 3.8) is 0 Å². The maximum Gasteiger partial charge on any atom is 0.339 e. The number of esters is 1. The van der Waals surface area contributed by atoms with Crippen LogP contribution in [-0.2, 0) is 14.3 Å². The summed E-state index contributed by atoms with van der Waals surface area (Å²) in [6, 6.07) is 20.0. The Morgan fingerprint density at radius 3 is 2.32 bits per heavy atom. The molecule has 7 rings (SSSR count). The van der Waals surface area contributed by atoms with Crippen molar-refractivity contribution in [3.8, 4) is 11.3 Å². The zero-order valence-corrected chi connectivity index (χ0v) is 25.3. The zero-order valence-electron chi connectivity index (χ0n) is 23.8. The molecule has 2 heterocycles. The number of imide groups is 1. The van der Waals surface area contributed by atoms with Gasteiger partial charge in [0.1, 0.15) is 0 Å². The summed E-state index contributed by atoms with van der Waals surface area (Å²) in [6.07, 6.45) is 1.97. The number of aromatic nitrogens is 1. The summed E-state index contributed by atoms with van der Waals surface area (Å²) in [6.45, 7) is 3.56. The van der Waals surface area contributed by atoms with Gasteiger partial charge in [-0.3, -0.25) is 19.3 Å². The number of Topliss-reactive ketones (excluding diaryl/α,β-unsaturated/α-hetero) is 1. The summed E-state index contributed by atoms with van der Waals surface area (Å²) >= 11 is 12.2. The number of rotatable bonds is 6. The summed E-state index contributed by atoms with van der Waals surface area (Å²) in [5.41, 5.74) is 3.94.